The molecular weight excluding hydrogens is 751 g/mol. The van der Waals surface area contributed by atoms with Crippen LogP contribution in [0.15, 0.2) is 94.6 Å². The van der Waals surface area contributed by atoms with Crippen molar-refractivity contribution in [1.82, 2.24) is 14.2 Å². The Morgan fingerprint density at radius 2 is 1.53 bits per heavy atom. The van der Waals surface area contributed by atoms with Crippen LogP contribution in [0.3, 0.4) is 0 Å². The molecule has 1 N–H and O–H groups in total. The van der Waals surface area contributed by atoms with E-state index in [4.69, 9.17) is 32.7 Å². The fraction of sp³-hybridized carbons (Fsp3) is 0.429. The van der Waals surface area contributed by atoms with Gasteiger partial charge in [-0.3, -0.25) is 19.1 Å². The van der Waals surface area contributed by atoms with Crippen LogP contribution in [0.5, 0.6) is 11.5 Å². The minimum atomic E-state index is -1.74. The van der Waals surface area contributed by atoms with Crippen molar-refractivity contribution in [2.45, 2.75) is 90.2 Å². The fourth-order valence-electron chi connectivity index (χ4n) is 6.85. The van der Waals surface area contributed by atoms with Gasteiger partial charge >= 0.3 is 11.7 Å². The van der Waals surface area contributed by atoms with Crippen molar-refractivity contribution in [1.29, 1.82) is 5.26 Å². The van der Waals surface area contributed by atoms with E-state index >= 15 is 0 Å². The van der Waals surface area contributed by atoms with Gasteiger partial charge in [-0.25, -0.2) is 9.46 Å². The van der Waals surface area contributed by atoms with Crippen LogP contribution in [-0.4, -0.2) is 71.9 Å². The van der Waals surface area contributed by atoms with Crippen molar-refractivity contribution in [3.8, 4) is 17.6 Å². The maximum Gasteiger partial charge on any atom is 0.330 e. The lowest BCUT2D eigenvalue weighted by Crippen LogP contribution is -2.39. The molecule has 1 saturated heterocycles. The zero-order valence-corrected chi connectivity index (χ0v) is 34.3. The fourth-order valence-corrected chi connectivity index (χ4v) is 8.61. The quantitative estimate of drug-likeness (QED) is 0.0470. The summed E-state index contributed by atoms with van der Waals surface area (Å²) in [6.45, 7) is 9.21. The van der Waals surface area contributed by atoms with Gasteiger partial charge in [-0.2, -0.15) is 5.26 Å². The SMILES string of the molecule is COc1ccc(C(OC[C@H]2O[C@@H](n3cc(COC(C)=O)c(=O)[nH]c3=O)C[C@@H]2OP(OCCC#N)N(C(C)C)C(C)C)(c2ccccc2)c2ccc(OC)cc2)cc1. The van der Waals surface area contributed by atoms with E-state index in [-0.39, 0.29) is 50.3 Å². The van der Waals surface area contributed by atoms with E-state index in [2.05, 4.69) is 15.7 Å². The normalized spacial score (nSPS) is 17.5. The van der Waals surface area contributed by atoms with Gasteiger partial charge in [-0.05, 0) is 68.7 Å². The molecule has 4 aromatic rings. The van der Waals surface area contributed by atoms with Crippen LogP contribution in [0.2, 0.25) is 0 Å². The van der Waals surface area contributed by atoms with Crippen LogP contribution in [0, 0.1) is 11.3 Å². The third-order valence-corrected chi connectivity index (χ3v) is 11.6. The van der Waals surface area contributed by atoms with Gasteiger partial charge in [0.2, 0.25) is 0 Å². The molecule has 1 unspecified atom stereocenters. The lowest BCUT2D eigenvalue weighted by molar-refractivity contribution is -0.142. The van der Waals surface area contributed by atoms with Crippen molar-refractivity contribution >= 4 is 14.5 Å². The molecule has 0 bridgehead atoms. The zero-order chi connectivity index (χ0) is 41.1. The van der Waals surface area contributed by atoms with Gasteiger partial charge in [0.1, 0.15) is 36.0 Å². The van der Waals surface area contributed by atoms with Gasteiger partial charge < -0.3 is 32.7 Å². The first-order chi connectivity index (χ1) is 27.4. The lowest BCUT2D eigenvalue weighted by Gasteiger charge is -2.39. The number of ether oxygens (including phenoxy) is 5. The van der Waals surface area contributed by atoms with Crippen molar-refractivity contribution in [2.75, 3.05) is 27.4 Å². The van der Waals surface area contributed by atoms with Crippen LogP contribution in [0.25, 0.3) is 0 Å². The number of nitrogens with zero attached hydrogens (tertiary/aromatic N) is 3. The molecule has 1 aliphatic rings. The van der Waals surface area contributed by atoms with Crippen LogP contribution in [-0.2, 0) is 40.3 Å². The molecular formula is C42H51N4O10P. The Bertz CT molecular complexity index is 2010. The Morgan fingerprint density at radius 3 is 2.05 bits per heavy atom. The maximum absolute atomic E-state index is 13.4. The van der Waals surface area contributed by atoms with E-state index in [1.807, 2.05) is 107 Å². The molecule has 14 nitrogen and oxygen atoms in total. The van der Waals surface area contributed by atoms with Crippen LogP contribution < -0.4 is 20.7 Å². The summed E-state index contributed by atoms with van der Waals surface area (Å²) < 4.78 is 46.6. The molecule has 0 spiro atoms. The number of benzene rings is 3. The average Bonchev–Trinajstić information content (AvgIpc) is 3.60. The van der Waals surface area contributed by atoms with Gasteiger partial charge in [0.25, 0.3) is 14.1 Å². The van der Waals surface area contributed by atoms with E-state index in [0.29, 0.717) is 11.5 Å². The second-order valence-electron chi connectivity index (χ2n) is 14.0. The third-order valence-electron chi connectivity index (χ3n) is 9.49. The van der Waals surface area contributed by atoms with Gasteiger partial charge in [-0.15, -0.1) is 0 Å². The van der Waals surface area contributed by atoms with Crippen molar-refractivity contribution < 1.29 is 37.5 Å². The standard InChI is InChI=1S/C42H51N4O10P/c1-28(2)46(29(3)4)57(54-23-11-22-43)56-37-24-39(45-25-31(26-52-30(5)47)40(48)44-41(45)49)55-38(37)27-53-42(32-12-9-8-10-13-32,33-14-18-35(50-6)19-15-33)34-16-20-36(51-7)21-17-34/h8-10,12-21,25,28-29,37-39H,11,23-24,26-27H2,1-7H3,(H,44,48,49)/t37-,38+,39+,57?/m0/s1. The molecule has 4 atom stereocenters. The summed E-state index contributed by atoms with van der Waals surface area (Å²) in [6.07, 6.45) is -0.710. The predicted octanol–water partition coefficient (Wildman–Crippen LogP) is 6.57. The maximum atomic E-state index is 13.4. The van der Waals surface area contributed by atoms with Crippen molar-refractivity contribution in [2.24, 2.45) is 0 Å². The van der Waals surface area contributed by atoms with Crippen molar-refractivity contribution in [3.05, 3.63) is 128 Å². The van der Waals surface area contributed by atoms with Gasteiger partial charge in [0.05, 0.1) is 51.6 Å². The number of H-pyrrole nitrogens is 1. The molecule has 0 amide bonds. The number of hydrogen-bond acceptors (Lipinski definition) is 12. The molecule has 5 rings (SSSR count). The number of carbonyl (C=O) groups excluding carboxylic acids is 1. The van der Waals surface area contributed by atoms with Gasteiger partial charge in [0, 0.05) is 31.6 Å². The Kier molecular flexibility index (Phi) is 15.2. The number of aromatic amines is 1. The van der Waals surface area contributed by atoms with E-state index in [1.54, 1.807) is 14.2 Å². The summed E-state index contributed by atoms with van der Waals surface area (Å²) >= 11 is 0. The first-order valence-electron chi connectivity index (χ1n) is 18.8. The summed E-state index contributed by atoms with van der Waals surface area (Å²) in [7, 11) is 1.48. The molecule has 1 fully saturated rings. The van der Waals surface area contributed by atoms with E-state index in [0.717, 1.165) is 16.7 Å². The Labute approximate surface area is 334 Å². The highest BCUT2D eigenvalue weighted by Crippen LogP contribution is 2.50. The summed E-state index contributed by atoms with van der Waals surface area (Å²) in [5.74, 6) is 0.778. The summed E-state index contributed by atoms with van der Waals surface area (Å²) in [5.41, 5.74) is -0.0293. The zero-order valence-electron chi connectivity index (χ0n) is 33.4. The molecule has 2 heterocycles. The number of esters is 1. The molecule has 15 heteroatoms. The second kappa shape index (κ2) is 20.0. The number of rotatable bonds is 19. The highest BCUT2D eigenvalue weighted by atomic mass is 31.2. The molecule has 3 aromatic carbocycles. The summed E-state index contributed by atoms with van der Waals surface area (Å²) in [4.78, 5) is 40.0. The van der Waals surface area contributed by atoms with Gasteiger partial charge in [-0.1, -0.05) is 54.6 Å². The smallest absolute Gasteiger partial charge is 0.330 e. The number of methoxy groups -OCH3 is 2. The Hall–Kier alpha value is -4.87. The Balaban J connectivity index is 1.61. The minimum absolute atomic E-state index is 0.0209. The van der Waals surface area contributed by atoms with E-state index in [1.165, 1.54) is 17.7 Å². The summed E-state index contributed by atoms with van der Waals surface area (Å²) in [6, 6.07) is 27.3. The monoisotopic (exact) mass is 802 g/mol. The van der Waals surface area contributed by atoms with Crippen LogP contribution >= 0.6 is 8.53 Å². The molecule has 0 saturated carbocycles. The molecule has 1 aromatic heterocycles. The lowest BCUT2D eigenvalue weighted by atomic mass is 9.80. The first-order valence-corrected chi connectivity index (χ1v) is 19.9. The van der Waals surface area contributed by atoms with E-state index < -0.39 is 49.8 Å². The minimum Gasteiger partial charge on any atom is -0.497 e. The second-order valence-corrected chi connectivity index (χ2v) is 15.4. The van der Waals surface area contributed by atoms with Crippen LogP contribution in [0.1, 0.15) is 75.9 Å². The predicted molar refractivity (Wildman–Crippen MR) is 214 cm³/mol. The molecule has 57 heavy (non-hydrogen) atoms. The first kappa shape index (κ1) is 43.3. The highest BCUT2D eigenvalue weighted by Gasteiger charge is 2.45. The average molecular weight is 803 g/mol. The number of carbonyl (C=O) groups is 1. The topological polar surface area (TPSA) is 164 Å². The molecule has 0 aliphatic carbocycles. The number of nitrogens with one attached hydrogen (secondary N) is 1. The highest BCUT2D eigenvalue weighted by molar-refractivity contribution is 7.44. The largest absolute Gasteiger partial charge is 0.497 e. The van der Waals surface area contributed by atoms with E-state index in [9.17, 15) is 19.6 Å². The molecule has 0 radical (unpaired) electrons. The number of aromatic nitrogens is 2. The molecule has 304 valence electrons. The van der Waals surface area contributed by atoms with Crippen LogP contribution in [0.4, 0.5) is 0 Å². The Morgan fingerprint density at radius 1 is 0.947 bits per heavy atom. The number of hydrogen-bond donors (Lipinski definition) is 1. The van der Waals surface area contributed by atoms with Crippen molar-refractivity contribution in [3.63, 3.8) is 0 Å². The number of nitriles is 1. The third kappa shape index (κ3) is 10.4. The van der Waals surface area contributed by atoms with Gasteiger partial charge in [0.15, 0.2) is 0 Å². The molecule has 1 aliphatic heterocycles. The summed E-state index contributed by atoms with van der Waals surface area (Å²) in [5, 5.41) is 9.33.